The molecule has 7 heteroatoms. The van der Waals surface area contributed by atoms with Gasteiger partial charge >= 0.3 is 0 Å². The van der Waals surface area contributed by atoms with Crippen LogP contribution < -0.4 is 10.6 Å². The topological polar surface area (TPSA) is 54.2 Å². The molecule has 21 heavy (non-hydrogen) atoms. The highest BCUT2D eigenvalue weighted by molar-refractivity contribution is 7.80. The summed E-state index contributed by atoms with van der Waals surface area (Å²) >= 11 is 11.1. The lowest BCUT2D eigenvalue weighted by atomic mass is 10.3. The van der Waals surface area contributed by atoms with Gasteiger partial charge in [-0.15, -0.1) is 10.2 Å². The number of hydrogen-bond acceptors (Lipinski definition) is 3. The van der Waals surface area contributed by atoms with Crippen LogP contribution in [0.15, 0.2) is 48.7 Å². The molecule has 3 rings (SSSR count). The average molecular weight is 318 g/mol. The largest absolute Gasteiger partial charge is 0.355 e. The second-order valence-corrected chi connectivity index (χ2v) is 5.20. The van der Waals surface area contributed by atoms with Crippen LogP contribution in [0.1, 0.15) is 5.82 Å². The van der Waals surface area contributed by atoms with Crippen molar-refractivity contribution in [3.8, 4) is 0 Å². The van der Waals surface area contributed by atoms with Gasteiger partial charge in [0.25, 0.3) is 0 Å². The maximum Gasteiger partial charge on any atom is 0.171 e. The Kier molecular flexibility index (Phi) is 3.98. The first-order chi connectivity index (χ1) is 10.2. The Morgan fingerprint density at radius 3 is 2.76 bits per heavy atom. The molecular formula is C14H12ClN5S. The summed E-state index contributed by atoms with van der Waals surface area (Å²) in [6.45, 7) is 0.491. The van der Waals surface area contributed by atoms with Gasteiger partial charge < -0.3 is 10.6 Å². The standard InChI is InChI=1S/C14H12ClN5S/c15-10-4-6-11(7-5-10)17-14(21)16-9-13-19-18-12-3-1-2-8-20(12)13/h1-8H,9H2,(H2,16,17,21). The van der Waals surface area contributed by atoms with Crippen molar-refractivity contribution < 1.29 is 0 Å². The first-order valence-electron chi connectivity index (χ1n) is 6.31. The molecule has 0 unspecified atom stereocenters. The fourth-order valence-corrected chi connectivity index (χ4v) is 2.20. The summed E-state index contributed by atoms with van der Waals surface area (Å²) in [5.41, 5.74) is 1.69. The minimum absolute atomic E-state index is 0.491. The molecular weight excluding hydrogens is 306 g/mol. The first-order valence-corrected chi connectivity index (χ1v) is 7.10. The van der Waals surface area contributed by atoms with Crippen molar-refractivity contribution in [2.45, 2.75) is 6.54 Å². The summed E-state index contributed by atoms with van der Waals surface area (Å²) in [5.74, 6) is 0.797. The van der Waals surface area contributed by atoms with Gasteiger partial charge in [0.2, 0.25) is 0 Å². The summed E-state index contributed by atoms with van der Waals surface area (Å²) in [7, 11) is 0. The highest BCUT2D eigenvalue weighted by atomic mass is 35.5. The van der Waals surface area contributed by atoms with Crippen LogP contribution in [0, 0.1) is 0 Å². The Morgan fingerprint density at radius 2 is 1.95 bits per heavy atom. The second kappa shape index (κ2) is 6.07. The average Bonchev–Trinajstić information content (AvgIpc) is 2.91. The summed E-state index contributed by atoms with van der Waals surface area (Å²) in [4.78, 5) is 0. The molecule has 2 heterocycles. The van der Waals surface area contributed by atoms with E-state index in [1.807, 2.05) is 40.9 Å². The Labute approximate surface area is 132 Å². The van der Waals surface area contributed by atoms with E-state index in [1.54, 1.807) is 12.1 Å². The van der Waals surface area contributed by atoms with Gasteiger partial charge in [0.05, 0.1) is 6.54 Å². The fraction of sp³-hybridized carbons (Fsp3) is 0.0714. The third-order valence-electron chi connectivity index (χ3n) is 2.89. The number of nitrogens with one attached hydrogen (secondary N) is 2. The zero-order valence-corrected chi connectivity index (χ0v) is 12.5. The first kappa shape index (κ1) is 13.8. The van der Waals surface area contributed by atoms with Crippen LogP contribution in [-0.4, -0.2) is 19.7 Å². The van der Waals surface area contributed by atoms with Gasteiger partial charge in [-0.3, -0.25) is 4.40 Å². The molecule has 0 aliphatic heterocycles. The van der Waals surface area contributed by atoms with Gasteiger partial charge in [-0.05, 0) is 48.6 Å². The Morgan fingerprint density at radius 1 is 1.14 bits per heavy atom. The number of hydrogen-bond donors (Lipinski definition) is 2. The van der Waals surface area contributed by atoms with Crippen molar-refractivity contribution in [2.75, 3.05) is 5.32 Å². The van der Waals surface area contributed by atoms with E-state index < -0.39 is 0 Å². The monoisotopic (exact) mass is 317 g/mol. The van der Waals surface area contributed by atoms with Crippen molar-refractivity contribution in [1.82, 2.24) is 19.9 Å². The molecule has 2 aromatic heterocycles. The molecule has 0 bridgehead atoms. The minimum atomic E-state index is 0.491. The van der Waals surface area contributed by atoms with Gasteiger partial charge in [-0.1, -0.05) is 17.7 Å². The molecule has 0 saturated heterocycles. The van der Waals surface area contributed by atoms with Crippen molar-refractivity contribution in [3.63, 3.8) is 0 Å². The fourth-order valence-electron chi connectivity index (χ4n) is 1.88. The van der Waals surface area contributed by atoms with E-state index in [0.29, 0.717) is 16.7 Å². The van der Waals surface area contributed by atoms with Crippen molar-refractivity contribution in [3.05, 3.63) is 59.5 Å². The smallest absolute Gasteiger partial charge is 0.171 e. The highest BCUT2D eigenvalue weighted by Crippen LogP contribution is 2.13. The molecule has 0 spiro atoms. The third kappa shape index (κ3) is 3.29. The molecule has 0 amide bonds. The lowest BCUT2D eigenvalue weighted by Crippen LogP contribution is -2.28. The van der Waals surface area contributed by atoms with Gasteiger partial charge in [-0.25, -0.2) is 0 Å². The number of halogens is 1. The van der Waals surface area contributed by atoms with Crippen molar-refractivity contribution >= 4 is 40.3 Å². The van der Waals surface area contributed by atoms with Crippen LogP contribution in [0.5, 0.6) is 0 Å². The zero-order valence-electron chi connectivity index (χ0n) is 11.0. The maximum atomic E-state index is 5.84. The molecule has 0 aliphatic rings. The summed E-state index contributed by atoms with van der Waals surface area (Å²) < 4.78 is 1.91. The Hall–Kier alpha value is -2.18. The molecule has 0 fully saturated rings. The number of nitrogens with zero attached hydrogens (tertiary/aromatic N) is 3. The molecule has 2 N–H and O–H groups in total. The van der Waals surface area contributed by atoms with Crippen LogP contribution in [0.25, 0.3) is 5.65 Å². The molecule has 0 radical (unpaired) electrons. The van der Waals surface area contributed by atoms with Gasteiger partial charge in [0.1, 0.15) is 0 Å². The lowest BCUT2D eigenvalue weighted by molar-refractivity contribution is 0.813. The normalized spacial score (nSPS) is 10.5. The van der Waals surface area contributed by atoms with E-state index in [9.17, 15) is 0 Å². The van der Waals surface area contributed by atoms with Crippen LogP contribution in [-0.2, 0) is 6.54 Å². The zero-order chi connectivity index (χ0) is 14.7. The summed E-state index contributed by atoms with van der Waals surface area (Å²) in [6.07, 6.45) is 1.92. The maximum absolute atomic E-state index is 5.84. The minimum Gasteiger partial charge on any atom is -0.355 e. The van der Waals surface area contributed by atoms with Crippen LogP contribution in [0.3, 0.4) is 0 Å². The van der Waals surface area contributed by atoms with E-state index in [2.05, 4.69) is 20.8 Å². The number of thiocarbonyl (C=S) groups is 1. The molecule has 106 valence electrons. The van der Waals surface area contributed by atoms with E-state index in [-0.39, 0.29) is 0 Å². The van der Waals surface area contributed by atoms with E-state index in [1.165, 1.54) is 0 Å². The predicted octanol–water partition coefficient (Wildman–Crippen LogP) is 2.87. The van der Waals surface area contributed by atoms with Crippen LogP contribution in [0.2, 0.25) is 5.02 Å². The quantitative estimate of drug-likeness (QED) is 0.728. The summed E-state index contributed by atoms with van der Waals surface area (Å²) in [5, 5.41) is 15.6. The number of benzene rings is 1. The number of aromatic nitrogens is 3. The highest BCUT2D eigenvalue weighted by Gasteiger charge is 2.05. The molecule has 0 atom stereocenters. The van der Waals surface area contributed by atoms with E-state index in [4.69, 9.17) is 23.8 Å². The number of fused-ring (bicyclic) bond motifs is 1. The van der Waals surface area contributed by atoms with Crippen LogP contribution >= 0.6 is 23.8 Å². The Bertz CT molecular complexity index is 768. The van der Waals surface area contributed by atoms with Gasteiger partial charge in [0.15, 0.2) is 16.6 Å². The van der Waals surface area contributed by atoms with E-state index in [0.717, 1.165) is 17.2 Å². The van der Waals surface area contributed by atoms with Crippen LogP contribution in [0.4, 0.5) is 5.69 Å². The molecule has 1 aromatic carbocycles. The Balaban J connectivity index is 1.62. The molecule has 3 aromatic rings. The molecule has 0 aliphatic carbocycles. The van der Waals surface area contributed by atoms with Crippen molar-refractivity contribution in [1.29, 1.82) is 0 Å². The number of anilines is 1. The van der Waals surface area contributed by atoms with E-state index >= 15 is 0 Å². The predicted molar refractivity (Wildman–Crippen MR) is 87.5 cm³/mol. The van der Waals surface area contributed by atoms with Gasteiger partial charge in [-0.2, -0.15) is 0 Å². The van der Waals surface area contributed by atoms with Crippen molar-refractivity contribution in [2.24, 2.45) is 0 Å². The lowest BCUT2D eigenvalue weighted by Gasteiger charge is -2.09. The number of rotatable bonds is 3. The second-order valence-electron chi connectivity index (χ2n) is 4.36. The number of pyridine rings is 1. The van der Waals surface area contributed by atoms with Gasteiger partial charge in [0, 0.05) is 16.9 Å². The SMILES string of the molecule is S=C(NCc1nnc2ccccn12)Nc1ccc(Cl)cc1. The molecule has 5 nitrogen and oxygen atoms in total. The molecule has 0 saturated carbocycles. The summed E-state index contributed by atoms with van der Waals surface area (Å²) in [6, 6.07) is 13.1. The third-order valence-corrected chi connectivity index (χ3v) is 3.39.